The molecule has 2 atom stereocenters. The molecule has 6 nitrogen and oxygen atoms in total. The Bertz CT molecular complexity index is 885. The number of halogens is 1. The SMILES string of the molecule is CCCCOC(=O)c1ccc2c(c1)[C@H](Nc1ccc(Cl)cn1)C[C@H](C)N2C(C)=O. The highest BCUT2D eigenvalue weighted by Crippen LogP contribution is 2.39. The van der Waals surface area contributed by atoms with Gasteiger partial charge in [0.2, 0.25) is 5.91 Å². The number of rotatable bonds is 6. The highest BCUT2D eigenvalue weighted by Gasteiger charge is 2.33. The van der Waals surface area contributed by atoms with Gasteiger partial charge in [0.15, 0.2) is 0 Å². The van der Waals surface area contributed by atoms with Crippen LogP contribution in [0, 0.1) is 0 Å². The first-order chi connectivity index (χ1) is 13.9. The number of hydrogen-bond donors (Lipinski definition) is 1. The van der Waals surface area contributed by atoms with E-state index in [4.69, 9.17) is 16.3 Å². The van der Waals surface area contributed by atoms with Crippen molar-refractivity contribution in [1.82, 2.24) is 4.98 Å². The van der Waals surface area contributed by atoms with E-state index in [1.165, 1.54) is 0 Å². The summed E-state index contributed by atoms with van der Waals surface area (Å²) in [7, 11) is 0. The molecule has 0 saturated heterocycles. The van der Waals surface area contributed by atoms with Crippen LogP contribution in [0.3, 0.4) is 0 Å². The molecule has 0 spiro atoms. The Morgan fingerprint density at radius 3 is 2.76 bits per heavy atom. The van der Waals surface area contributed by atoms with E-state index in [0.29, 0.717) is 29.4 Å². The molecule has 2 heterocycles. The standard InChI is InChI=1S/C22H26ClN3O3/c1-4-5-10-29-22(28)16-6-8-20-18(12-16)19(11-14(2)26(20)15(3)27)25-21-9-7-17(23)13-24-21/h6-9,12-14,19H,4-5,10-11H2,1-3H3,(H,24,25)/t14-,19+/m0/s1. The summed E-state index contributed by atoms with van der Waals surface area (Å²) < 4.78 is 5.35. The Kier molecular flexibility index (Phi) is 6.75. The van der Waals surface area contributed by atoms with Crippen molar-refractivity contribution < 1.29 is 14.3 Å². The summed E-state index contributed by atoms with van der Waals surface area (Å²) in [5.74, 6) is 0.308. The molecule has 29 heavy (non-hydrogen) atoms. The fourth-order valence-corrected chi connectivity index (χ4v) is 3.75. The van der Waals surface area contributed by atoms with Crippen molar-refractivity contribution in [1.29, 1.82) is 0 Å². The summed E-state index contributed by atoms with van der Waals surface area (Å²) in [4.78, 5) is 30.8. The fourth-order valence-electron chi connectivity index (χ4n) is 3.64. The van der Waals surface area contributed by atoms with Crippen LogP contribution in [0.1, 0.15) is 62.0 Å². The molecule has 2 aromatic rings. The second-order valence-corrected chi connectivity index (χ2v) is 7.73. The third-order valence-corrected chi connectivity index (χ3v) is 5.26. The number of hydrogen-bond acceptors (Lipinski definition) is 5. The Morgan fingerprint density at radius 2 is 2.10 bits per heavy atom. The summed E-state index contributed by atoms with van der Waals surface area (Å²) in [5, 5.41) is 3.98. The molecule has 0 saturated carbocycles. The number of fused-ring (bicyclic) bond motifs is 1. The van der Waals surface area contributed by atoms with Gasteiger partial charge in [0.05, 0.1) is 23.2 Å². The molecule has 1 aromatic heterocycles. The third kappa shape index (κ3) is 4.88. The average Bonchev–Trinajstić information content (AvgIpc) is 2.69. The van der Waals surface area contributed by atoms with Gasteiger partial charge >= 0.3 is 5.97 Å². The molecule has 7 heteroatoms. The smallest absolute Gasteiger partial charge is 0.338 e. The molecule has 1 amide bonds. The molecular formula is C22H26ClN3O3. The van der Waals surface area contributed by atoms with Gasteiger partial charge in [-0.2, -0.15) is 0 Å². The first-order valence-electron chi connectivity index (χ1n) is 9.89. The van der Waals surface area contributed by atoms with E-state index in [-0.39, 0.29) is 24.0 Å². The van der Waals surface area contributed by atoms with E-state index in [9.17, 15) is 9.59 Å². The number of carbonyl (C=O) groups is 2. The average molecular weight is 416 g/mol. The van der Waals surface area contributed by atoms with Crippen molar-refractivity contribution in [2.75, 3.05) is 16.8 Å². The van der Waals surface area contributed by atoms with Crippen LogP contribution in [0.2, 0.25) is 5.02 Å². The van der Waals surface area contributed by atoms with E-state index < -0.39 is 0 Å². The van der Waals surface area contributed by atoms with Gasteiger partial charge in [0.1, 0.15) is 5.82 Å². The largest absolute Gasteiger partial charge is 0.462 e. The monoisotopic (exact) mass is 415 g/mol. The number of ether oxygens (including phenoxy) is 1. The molecule has 1 aromatic carbocycles. The maximum atomic E-state index is 12.4. The lowest BCUT2D eigenvalue weighted by Crippen LogP contribution is -2.43. The first kappa shape index (κ1) is 21.1. The van der Waals surface area contributed by atoms with Gasteiger partial charge in [-0.05, 0) is 55.7 Å². The molecule has 0 bridgehead atoms. The lowest BCUT2D eigenvalue weighted by molar-refractivity contribution is -0.117. The molecule has 1 N–H and O–H groups in total. The molecule has 154 valence electrons. The molecule has 0 radical (unpaired) electrons. The number of benzene rings is 1. The van der Waals surface area contributed by atoms with Crippen LogP contribution in [-0.4, -0.2) is 29.5 Å². The zero-order valence-electron chi connectivity index (χ0n) is 16.9. The van der Waals surface area contributed by atoms with Crippen LogP contribution in [-0.2, 0) is 9.53 Å². The van der Waals surface area contributed by atoms with E-state index in [1.54, 1.807) is 30.2 Å². The Labute approximate surface area is 176 Å². The van der Waals surface area contributed by atoms with Gasteiger partial charge in [-0.3, -0.25) is 4.79 Å². The zero-order chi connectivity index (χ0) is 21.0. The predicted octanol–water partition coefficient (Wildman–Crippen LogP) is 4.99. The van der Waals surface area contributed by atoms with Gasteiger partial charge in [-0.15, -0.1) is 0 Å². The third-order valence-electron chi connectivity index (χ3n) is 5.04. The summed E-state index contributed by atoms with van der Waals surface area (Å²) in [6, 6.07) is 8.85. The fraction of sp³-hybridized carbons (Fsp3) is 0.409. The lowest BCUT2D eigenvalue weighted by Gasteiger charge is -2.39. The highest BCUT2D eigenvalue weighted by molar-refractivity contribution is 6.30. The molecular weight excluding hydrogens is 390 g/mol. The molecule has 0 aliphatic carbocycles. The Hall–Kier alpha value is -2.60. The summed E-state index contributed by atoms with van der Waals surface area (Å²) in [5.41, 5.74) is 2.15. The van der Waals surface area contributed by atoms with Crippen molar-refractivity contribution in [3.63, 3.8) is 0 Å². The number of aromatic nitrogens is 1. The van der Waals surface area contributed by atoms with Crippen LogP contribution in [0.4, 0.5) is 11.5 Å². The van der Waals surface area contributed by atoms with E-state index >= 15 is 0 Å². The number of pyridine rings is 1. The Balaban J connectivity index is 1.94. The zero-order valence-corrected chi connectivity index (χ0v) is 17.7. The molecule has 0 fully saturated rings. The van der Waals surface area contributed by atoms with E-state index in [2.05, 4.69) is 10.3 Å². The minimum atomic E-state index is -0.349. The maximum Gasteiger partial charge on any atom is 0.338 e. The number of nitrogens with one attached hydrogen (secondary N) is 1. The number of anilines is 2. The van der Waals surface area contributed by atoms with Crippen molar-refractivity contribution in [2.45, 2.75) is 52.1 Å². The van der Waals surface area contributed by atoms with Crippen molar-refractivity contribution in [2.24, 2.45) is 0 Å². The van der Waals surface area contributed by atoms with Crippen LogP contribution in [0.15, 0.2) is 36.5 Å². The number of nitrogens with zero attached hydrogens (tertiary/aromatic N) is 2. The van der Waals surface area contributed by atoms with Gasteiger partial charge in [-0.1, -0.05) is 24.9 Å². The van der Waals surface area contributed by atoms with Crippen LogP contribution >= 0.6 is 11.6 Å². The maximum absolute atomic E-state index is 12.4. The topological polar surface area (TPSA) is 71.5 Å². The quantitative estimate of drug-likeness (QED) is 0.531. The van der Waals surface area contributed by atoms with Crippen LogP contribution in [0.5, 0.6) is 0 Å². The van der Waals surface area contributed by atoms with Crippen LogP contribution < -0.4 is 10.2 Å². The van der Waals surface area contributed by atoms with Crippen LogP contribution in [0.25, 0.3) is 0 Å². The number of esters is 1. The highest BCUT2D eigenvalue weighted by atomic mass is 35.5. The predicted molar refractivity (Wildman–Crippen MR) is 114 cm³/mol. The number of unbranched alkanes of at least 4 members (excludes halogenated alkanes) is 1. The molecule has 1 aliphatic heterocycles. The summed E-state index contributed by atoms with van der Waals surface area (Å²) in [6.45, 7) is 6.02. The van der Waals surface area contributed by atoms with Crippen molar-refractivity contribution in [3.8, 4) is 0 Å². The number of carbonyl (C=O) groups excluding carboxylic acids is 2. The van der Waals surface area contributed by atoms with Gasteiger partial charge < -0.3 is 15.0 Å². The van der Waals surface area contributed by atoms with E-state index in [1.807, 2.05) is 32.0 Å². The minimum absolute atomic E-state index is 0.00663. The van der Waals surface area contributed by atoms with Gasteiger partial charge in [-0.25, -0.2) is 9.78 Å². The van der Waals surface area contributed by atoms with E-state index in [0.717, 1.165) is 24.1 Å². The Morgan fingerprint density at radius 1 is 1.31 bits per heavy atom. The molecule has 3 rings (SSSR count). The summed E-state index contributed by atoms with van der Waals surface area (Å²) >= 11 is 5.93. The van der Waals surface area contributed by atoms with Crippen molar-refractivity contribution in [3.05, 3.63) is 52.7 Å². The number of amides is 1. The first-order valence-corrected chi connectivity index (χ1v) is 10.3. The second kappa shape index (κ2) is 9.27. The van der Waals surface area contributed by atoms with Gasteiger partial charge in [0, 0.05) is 24.8 Å². The van der Waals surface area contributed by atoms with Gasteiger partial charge in [0.25, 0.3) is 0 Å². The molecule has 1 aliphatic rings. The summed E-state index contributed by atoms with van der Waals surface area (Å²) in [6.07, 6.45) is 4.06. The van der Waals surface area contributed by atoms with Crippen molar-refractivity contribution >= 4 is 35.0 Å². The lowest BCUT2D eigenvalue weighted by atomic mass is 9.90. The second-order valence-electron chi connectivity index (χ2n) is 7.30. The molecule has 0 unspecified atom stereocenters. The normalized spacial score (nSPS) is 18.1. The minimum Gasteiger partial charge on any atom is -0.462 e.